The summed E-state index contributed by atoms with van der Waals surface area (Å²) in [4.78, 5) is 13.0. The molecule has 1 heterocycles. The Bertz CT molecular complexity index is 1410. The SMILES string of the molecule is CC/C=C\C/C=C\C/C=C\C/C=C\C/C=C\C/C=C\C/C=C\C/C=C\CCCCC(=O)NC(COC1OC(CO)C(O)C(O)C1O)C(O)/C=C/CCCCCCCCCCCCCCCCC. The highest BCUT2D eigenvalue weighted by atomic mass is 16.7. The Morgan fingerprint density at radius 3 is 1.37 bits per heavy atom. The highest BCUT2D eigenvalue weighted by Crippen LogP contribution is 2.22. The molecule has 0 aromatic rings. The number of aliphatic hydroxyl groups excluding tert-OH is 5. The Kier molecular flexibility index (Phi) is 43.0. The minimum atomic E-state index is -1.58. The fourth-order valence-corrected chi connectivity index (χ4v) is 7.64. The van der Waals surface area contributed by atoms with Crippen molar-refractivity contribution in [3.8, 4) is 0 Å². The molecule has 0 aromatic heterocycles. The molecular formula is C58H97NO8. The van der Waals surface area contributed by atoms with E-state index >= 15 is 0 Å². The lowest BCUT2D eigenvalue weighted by Gasteiger charge is -2.40. The Labute approximate surface area is 408 Å². The van der Waals surface area contributed by atoms with Gasteiger partial charge in [0.2, 0.25) is 5.91 Å². The first-order chi connectivity index (χ1) is 32.8. The number of amides is 1. The summed E-state index contributed by atoms with van der Waals surface area (Å²) in [6.07, 6.45) is 61.3. The van der Waals surface area contributed by atoms with Gasteiger partial charge in [-0.1, -0.05) is 213 Å². The van der Waals surface area contributed by atoms with Crippen LogP contribution < -0.4 is 5.32 Å². The van der Waals surface area contributed by atoms with Crippen LogP contribution in [0.5, 0.6) is 0 Å². The van der Waals surface area contributed by atoms with Crippen molar-refractivity contribution in [2.75, 3.05) is 13.2 Å². The van der Waals surface area contributed by atoms with Crippen molar-refractivity contribution >= 4 is 5.91 Å². The number of allylic oxidation sites excluding steroid dienone is 17. The van der Waals surface area contributed by atoms with Gasteiger partial charge in [0.05, 0.1) is 25.4 Å². The topological polar surface area (TPSA) is 149 Å². The number of hydrogen-bond acceptors (Lipinski definition) is 8. The molecule has 1 amide bonds. The van der Waals surface area contributed by atoms with Crippen molar-refractivity contribution in [1.29, 1.82) is 0 Å². The molecule has 1 aliphatic rings. The third-order valence-electron chi connectivity index (χ3n) is 11.9. The second-order valence-electron chi connectivity index (χ2n) is 17.9. The van der Waals surface area contributed by atoms with Gasteiger partial charge in [0.15, 0.2) is 6.29 Å². The molecule has 7 atom stereocenters. The van der Waals surface area contributed by atoms with Gasteiger partial charge < -0.3 is 40.3 Å². The minimum Gasteiger partial charge on any atom is -0.394 e. The zero-order chi connectivity index (χ0) is 48.7. The highest BCUT2D eigenvalue weighted by molar-refractivity contribution is 5.76. The van der Waals surface area contributed by atoms with Crippen LogP contribution in [0.2, 0.25) is 0 Å². The van der Waals surface area contributed by atoms with Crippen molar-refractivity contribution in [2.24, 2.45) is 0 Å². The van der Waals surface area contributed by atoms with Crippen LogP contribution in [0.15, 0.2) is 109 Å². The number of hydrogen-bond donors (Lipinski definition) is 6. The number of rotatable bonds is 43. The average molecular weight is 936 g/mol. The fourth-order valence-electron chi connectivity index (χ4n) is 7.64. The number of unbranched alkanes of at least 4 members (excludes halogenated alkanes) is 17. The summed E-state index contributed by atoms with van der Waals surface area (Å²) in [5, 5.41) is 54.4. The second-order valence-corrected chi connectivity index (χ2v) is 17.9. The van der Waals surface area contributed by atoms with Crippen molar-refractivity contribution < 1.29 is 39.8 Å². The van der Waals surface area contributed by atoms with Gasteiger partial charge in [-0.25, -0.2) is 0 Å². The third kappa shape index (κ3) is 36.5. The van der Waals surface area contributed by atoms with Crippen LogP contribution >= 0.6 is 0 Å². The molecule has 382 valence electrons. The highest BCUT2D eigenvalue weighted by Gasteiger charge is 2.44. The number of carbonyl (C=O) groups is 1. The molecule has 0 aromatic carbocycles. The van der Waals surface area contributed by atoms with Crippen LogP contribution in [0.25, 0.3) is 0 Å². The maximum absolute atomic E-state index is 13.0. The summed E-state index contributed by atoms with van der Waals surface area (Å²) < 4.78 is 11.2. The van der Waals surface area contributed by atoms with Gasteiger partial charge in [0.25, 0.3) is 0 Å². The quantitative estimate of drug-likeness (QED) is 0.0261. The van der Waals surface area contributed by atoms with Gasteiger partial charge in [0, 0.05) is 6.42 Å². The smallest absolute Gasteiger partial charge is 0.220 e. The summed E-state index contributed by atoms with van der Waals surface area (Å²) in [7, 11) is 0. The van der Waals surface area contributed by atoms with E-state index in [2.05, 4.69) is 116 Å². The van der Waals surface area contributed by atoms with Crippen molar-refractivity contribution in [3.63, 3.8) is 0 Å². The van der Waals surface area contributed by atoms with Crippen LogP contribution in [0.3, 0.4) is 0 Å². The van der Waals surface area contributed by atoms with Crippen LogP contribution in [0.4, 0.5) is 0 Å². The first-order valence-electron chi connectivity index (χ1n) is 26.6. The van der Waals surface area contributed by atoms with Crippen molar-refractivity contribution in [2.45, 2.75) is 236 Å². The van der Waals surface area contributed by atoms with E-state index in [9.17, 15) is 30.3 Å². The molecule has 1 rings (SSSR count). The van der Waals surface area contributed by atoms with Crippen molar-refractivity contribution in [1.82, 2.24) is 5.32 Å². The van der Waals surface area contributed by atoms with E-state index in [1.807, 2.05) is 6.08 Å². The maximum Gasteiger partial charge on any atom is 0.220 e. The predicted molar refractivity (Wildman–Crippen MR) is 281 cm³/mol. The first-order valence-corrected chi connectivity index (χ1v) is 26.6. The molecule has 7 unspecified atom stereocenters. The summed E-state index contributed by atoms with van der Waals surface area (Å²) in [6.45, 7) is 3.63. The van der Waals surface area contributed by atoms with E-state index in [0.29, 0.717) is 6.42 Å². The molecule has 67 heavy (non-hydrogen) atoms. The molecule has 1 aliphatic heterocycles. The third-order valence-corrected chi connectivity index (χ3v) is 11.9. The molecule has 0 radical (unpaired) electrons. The Hall–Kier alpha value is -3.15. The Morgan fingerprint density at radius 1 is 0.522 bits per heavy atom. The summed E-state index contributed by atoms with van der Waals surface area (Å²) >= 11 is 0. The number of ether oxygens (including phenoxy) is 2. The van der Waals surface area contributed by atoms with E-state index in [4.69, 9.17) is 9.47 Å². The maximum atomic E-state index is 13.0. The van der Waals surface area contributed by atoms with Crippen LogP contribution in [0, 0.1) is 0 Å². The van der Waals surface area contributed by atoms with E-state index < -0.39 is 49.5 Å². The van der Waals surface area contributed by atoms with Gasteiger partial charge >= 0.3 is 0 Å². The lowest BCUT2D eigenvalue weighted by Crippen LogP contribution is -2.60. The van der Waals surface area contributed by atoms with E-state index in [-0.39, 0.29) is 18.9 Å². The Morgan fingerprint density at radius 2 is 0.925 bits per heavy atom. The second kappa shape index (κ2) is 46.6. The standard InChI is InChI=1S/C58H97NO8/c1-3-5-7-9-11-13-15-17-19-21-22-23-24-25-26-27-28-29-30-32-34-36-38-40-42-44-46-48-54(62)59-51(50-66-58-57(65)56(64)55(63)53(49-60)67-58)52(61)47-45-43-41-39-37-35-33-31-20-18-16-14-12-10-8-6-4-2/h5,7,11,13,17,19,22-23,25-26,28-29,32,34,38,40,45,47,51-53,55-58,60-61,63-65H,3-4,6,8-10,12,14-16,18,20-21,24,27,30-31,33,35-37,39,41-44,46,48-50H2,1-2H3,(H,59,62)/b7-5-,13-11-,19-17-,23-22-,26-25-,29-28-,34-32-,40-38-,47-45+. The van der Waals surface area contributed by atoms with E-state index in [1.54, 1.807) is 6.08 Å². The zero-order valence-corrected chi connectivity index (χ0v) is 42.1. The molecule has 0 spiro atoms. The zero-order valence-electron chi connectivity index (χ0n) is 42.1. The molecule has 9 nitrogen and oxygen atoms in total. The lowest BCUT2D eigenvalue weighted by molar-refractivity contribution is -0.302. The summed E-state index contributed by atoms with van der Waals surface area (Å²) in [6, 6.07) is -0.836. The van der Waals surface area contributed by atoms with Crippen LogP contribution in [-0.4, -0.2) is 87.5 Å². The van der Waals surface area contributed by atoms with Gasteiger partial charge in [-0.2, -0.15) is 0 Å². The molecule has 1 fully saturated rings. The van der Waals surface area contributed by atoms with Crippen molar-refractivity contribution in [3.05, 3.63) is 109 Å². The first kappa shape index (κ1) is 61.9. The van der Waals surface area contributed by atoms with Gasteiger partial charge in [-0.3, -0.25) is 4.79 Å². The van der Waals surface area contributed by atoms with Crippen LogP contribution in [-0.2, 0) is 14.3 Å². The summed E-state index contributed by atoms with van der Waals surface area (Å²) in [5.41, 5.74) is 0. The monoisotopic (exact) mass is 936 g/mol. The molecule has 1 saturated heterocycles. The number of carbonyl (C=O) groups excluding carboxylic acids is 1. The Balaban J connectivity index is 2.34. The minimum absolute atomic E-state index is 0.213. The number of nitrogens with one attached hydrogen (secondary N) is 1. The van der Waals surface area contributed by atoms with Crippen LogP contribution in [0.1, 0.15) is 194 Å². The molecule has 9 heteroatoms. The normalized spacial score (nSPS) is 20.6. The molecule has 0 bridgehead atoms. The molecular weight excluding hydrogens is 839 g/mol. The molecule has 6 N–H and O–H groups in total. The molecule has 0 aliphatic carbocycles. The number of aliphatic hydroxyl groups is 5. The predicted octanol–water partition coefficient (Wildman–Crippen LogP) is 12.6. The lowest BCUT2D eigenvalue weighted by atomic mass is 9.99. The average Bonchev–Trinajstić information content (AvgIpc) is 3.33. The largest absolute Gasteiger partial charge is 0.394 e. The molecule has 0 saturated carbocycles. The van der Waals surface area contributed by atoms with Gasteiger partial charge in [-0.05, 0) is 83.5 Å². The fraction of sp³-hybridized carbons (Fsp3) is 0.672. The van der Waals surface area contributed by atoms with Gasteiger partial charge in [0.1, 0.15) is 24.4 Å². The van der Waals surface area contributed by atoms with Gasteiger partial charge in [-0.15, -0.1) is 0 Å². The van der Waals surface area contributed by atoms with E-state index in [0.717, 1.165) is 83.5 Å². The summed E-state index contributed by atoms with van der Waals surface area (Å²) in [5.74, 6) is -0.224. The van der Waals surface area contributed by atoms with E-state index in [1.165, 1.54) is 83.5 Å².